The molecule has 0 aliphatic rings. The molecule has 14 heavy (non-hydrogen) atoms. The van der Waals surface area contributed by atoms with Crippen molar-refractivity contribution in [3.8, 4) is 5.75 Å². The van der Waals surface area contributed by atoms with Crippen molar-refractivity contribution in [3.63, 3.8) is 0 Å². The summed E-state index contributed by atoms with van der Waals surface area (Å²) in [4.78, 5) is 18.0. The molecule has 1 aromatic heterocycles. The van der Waals surface area contributed by atoms with E-state index in [9.17, 15) is 4.79 Å². The van der Waals surface area contributed by atoms with Gasteiger partial charge in [0.25, 0.3) is 0 Å². The molecule has 0 bridgehead atoms. The van der Waals surface area contributed by atoms with Gasteiger partial charge in [0.1, 0.15) is 0 Å². The summed E-state index contributed by atoms with van der Waals surface area (Å²) >= 11 is 5.45. The van der Waals surface area contributed by atoms with Crippen molar-refractivity contribution in [2.75, 3.05) is 0 Å². The zero-order valence-corrected chi connectivity index (χ0v) is 8.45. The average molecular weight is 217 g/mol. The third-order valence-electron chi connectivity index (χ3n) is 1.48. The predicted molar refractivity (Wildman–Crippen MR) is 49.4 cm³/mol. The second kappa shape index (κ2) is 3.79. The van der Waals surface area contributed by atoms with Crippen molar-refractivity contribution in [2.24, 2.45) is 0 Å². The van der Waals surface area contributed by atoms with Crippen molar-refractivity contribution in [3.05, 3.63) is 17.7 Å². The molecular weight excluding hydrogens is 208 g/mol. The first-order valence-electron chi connectivity index (χ1n) is 3.82. The molecule has 1 heterocycles. The summed E-state index contributed by atoms with van der Waals surface area (Å²) in [6.07, 6.45) is 2.64. The van der Waals surface area contributed by atoms with Crippen LogP contribution in [0.4, 0.5) is 0 Å². The van der Waals surface area contributed by atoms with Crippen LogP contribution in [0.1, 0.15) is 13.8 Å². The van der Waals surface area contributed by atoms with Crippen molar-refractivity contribution in [2.45, 2.75) is 19.4 Å². The molecule has 1 rings (SSSR count). The van der Waals surface area contributed by atoms with Crippen LogP contribution in [0.25, 0.3) is 0 Å². The number of halogens is 1. The number of hydrogen-bond acceptors (Lipinski definition) is 4. The Morgan fingerprint density at radius 3 is 2.43 bits per heavy atom. The van der Waals surface area contributed by atoms with E-state index < -0.39 is 11.6 Å². The summed E-state index contributed by atoms with van der Waals surface area (Å²) in [5.74, 6) is -0.797. The number of ether oxygens (including phenoxy) is 1. The molecule has 0 amide bonds. The minimum absolute atomic E-state index is 0.0884. The molecule has 0 aliphatic heterocycles. The van der Waals surface area contributed by atoms with E-state index in [-0.39, 0.29) is 11.0 Å². The smallest absolute Gasteiger partial charge is 0.347 e. The van der Waals surface area contributed by atoms with E-state index in [4.69, 9.17) is 21.4 Å². The van der Waals surface area contributed by atoms with Crippen LogP contribution in [0.5, 0.6) is 5.75 Å². The lowest BCUT2D eigenvalue weighted by molar-refractivity contribution is -0.152. The van der Waals surface area contributed by atoms with Gasteiger partial charge >= 0.3 is 5.97 Å². The first-order valence-corrected chi connectivity index (χ1v) is 4.19. The number of aromatic nitrogens is 2. The van der Waals surface area contributed by atoms with E-state index in [0.29, 0.717) is 0 Å². The van der Waals surface area contributed by atoms with Gasteiger partial charge in [0.2, 0.25) is 5.28 Å². The Bertz CT molecular complexity index is 337. The molecule has 0 unspecified atom stereocenters. The number of carbonyl (C=O) groups is 1. The summed E-state index contributed by atoms with van der Waals surface area (Å²) in [6.45, 7) is 2.87. The first kappa shape index (κ1) is 10.7. The standard InChI is InChI=1S/C8H9ClN2O3/c1-8(2,6(12)13)14-5-3-10-7(9)11-4-5/h3-4H,1-2H3,(H,12,13). The number of aliphatic carboxylic acids is 1. The van der Waals surface area contributed by atoms with Gasteiger partial charge in [-0.15, -0.1) is 0 Å². The zero-order chi connectivity index (χ0) is 10.8. The molecule has 0 fully saturated rings. The molecule has 5 nitrogen and oxygen atoms in total. The first-order chi connectivity index (χ1) is 6.42. The fourth-order valence-corrected chi connectivity index (χ4v) is 0.789. The lowest BCUT2D eigenvalue weighted by atomic mass is 10.1. The van der Waals surface area contributed by atoms with Crippen LogP contribution >= 0.6 is 11.6 Å². The predicted octanol–water partition coefficient (Wildman–Crippen LogP) is 1.37. The van der Waals surface area contributed by atoms with Crippen molar-refractivity contribution in [1.82, 2.24) is 9.97 Å². The van der Waals surface area contributed by atoms with Gasteiger partial charge in [-0.3, -0.25) is 0 Å². The number of carboxylic acid groups (broad SMARTS) is 1. The van der Waals surface area contributed by atoms with Gasteiger partial charge in [0, 0.05) is 0 Å². The Balaban J connectivity index is 2.79. The van der Waals surface area contributed by atoms with E-state index >= 15 is 0 Å². The van der Waals surface area contributed by atoms with Gasteiger partial charge in [0.05, 0.1) is 12.4 Å². The zero-order valence-electron chi connectivity index (χ0n) is 7.69. The monoisotopic (exact) mass is 216 g/mol. The molecule has 0 saturated heterocycles. The summed E-state index contributed by atoms with van der Waals surface area (Å²) in [6, 6.07) is 0. The molecule has 76 valence electrons. The number of carboxylic acids is 1. The van der Waals surface area contributed by atoms with Crippen molar-refractivity contribution >= 4 is 17.6 Å². The Morgan fingerprint density at radius 2 is 2.00 bits per heavy atom. The van der Waals surface area contributed by atoms with Crippen molar-refractivity contribution < 1.29 is 14.6 Å². The number of hydrogen-bond donors (Lipinski definition) is 1. The van der Waals surface area contributed by atoms with Gasteiger partial charge in [0.15, 0.2) is 11.4 Å². The summed E-state index contributed by atoms with van der Waals surface area (Å²) < 4.78 is 5.14. The third kappa shape index (κ3) is 2.56. The SMILES string of the molecule is CC(C)(Oc1cnc(Cl)nc1)C(=O)O. The van der Waals surface area contributed by atoms with Gasteiger partial charge in [-0.2, -0.15) is 0 Å². The van der Waals surface area contributed by atoms with E-state index in [1.54, 1.807) is 0 Å². The molecule has 0 saturated carbocycles. The molecular formula is C8H9ClN2O3. The second-order valence-electron chi connectivity index (χ2n) is 3.11. The topological polar surface area (TPSA) is 72.3 Å². The van der Waals surface area contributed by atoms with Crippen LogP contribution in [-0.2, 0) is 4.79 Å². The average Bonchev–Trinajstić information content (AvgIpc) is 2.08. The van der Waals surface area contributed by atoms with Gasteiger partial charge < -0.3 is 9.84 Å². The third-order valence-corrected chi connectivity index (χ3v) is 1.68. The van der Waals surface area contributed by atoms with Crippen LogP contribution in [0, 0.1) is 0 Å². The summed E-state index contributed by atoms with van der Waals surface area (Å²) in [5.41, 5.74) is -1.31. The fourth-order valence-electron chi connectivity index (χ4n) is 0.691. The highest BCUT2D eigenvalue weighted by atomic mass is 35.5. The molecule has 0 atom stereocenters. The van der Waals surface area contributed by atoms with Gasteiger partial charge in [-0.1, -0.05) is 0 Å². The molecule has 0 spiro atoms. The number of rotatable bonds is 3. The van der Waals surface area contributed by atoms with E-state index in [1.807, 2.05) is 0 Å². The van der Waals surface area contributed by atoms with Crippen molar-refractivity contribution in [1.29, 1.82) is 0 Å². The molecule has 0 radical (unpaired) electrons. The van der Waals surface area contributed by atoms with Crippen LogP contribution < -0.4 is 4.74 Å². The molecule has 0 aromatic carbocycles. The van der Waals surface area contributed by atoms with Gasteiger partial charge in [-0.05, 0) is 25.4 Å². The maximum Gasteiger partial charge on any atom is 0.347 e. The van der Waals surface area contributed by atoms with Crippen LogP contribution in [-0.4, -0.2) is 26.6 Å². The van der Waals surface area contributed by atoms with Crippen LogP contribution in [0.3, 0.4) is 0 Å². The van der Waals surface area contributed by atoms with E-state index in [0.717, 1.165) is 0 Å². The maximum absolute atomic E-state index is 10.7. The Kier molecular flexibility index (Phi) is 2.90. The highest BCUT2D eigenvalue weighted by Gasteiger charge is 2.29. The molecule has 6 heteroatoms. The van der Waals surface area contributed by atoms with Gasteiger partial charge in [-0.25, -0.2) is 14.8 Å². The highest BCUT2D eigenvalue weighted by Crippen LogP contribution is 2.17. The largest absolute Gasteiger partial charge is 0.478 e. The molecule has 1 N–H and O–H groups in total. The van der Waals surface area contributed by atoms with Crippen LogP contribution in [0.2, 0.25) is 5.28 Å². The summed E-state index contributed by atoms with van der Waals surface area (Å²) in [5, 5.41) is 8.85. The highest BCUT2D eigenvalue weighted by molar-refractivity contribution is 6.28. The quantitative estimate of drug-likeness (QED) is 0.773. The molecule has 0 aliphatic carbocycles. The Labute approximate surface area is 85.7 Å². The Hall–Kier alpha value is -1.36. The maximum atomic E-state index is 10.7. The minimum Gasteiger partial charge on any atom is -0.478 e. The minimum atomic E-state index is -1.31. The van der Waals surface area contributed by atoms with E-state index in [1.165, 1.54) is 26.2 Å². The fraction of sp³-hybridized carbons (Fsp3) is 0.375. The summed E-state index contributed by atoms with van der Waals surface area (Å²) in [7, 11) is 0. The van der Waals surface area contributed by atoms with Crippen LogP contribution in [0.15, 0.2) is 12.4 Å². The lowest BCUT2D eigenvalue weighted by Crippen LogP contribution is -2.37. The number of nitrogens with zero attached hydrogens (tertiary/aromatic N) is 2. The normalized spacial score (nSPS) is 11.1. The second-order valence-corrected chi connectivity index (χ2v) is 3.44. The molecule has 1 aromatic rings. The Morgan fingerprint density at radius 1 is 1.50 bits per heavy atom. The lowest BCUT2D eigenvalue weighted by Gasteiger charge is -2.20. The van der Waals surface area contributed by atoms with E-state index in [2.05, 4.69) is 9.97 Å².